The summed E-state index contributed by atoms with van der Waals surface area (Å²) in [6, 6.07) is 5.60. The standard InChI is InChI=1S/C16H21NO5/c1-21-13-4-2-12(3-5-13)15(16(19)20)17-14(18)10-11-6-8-22-9-7-11/h2-5,11,15H,6-10H2,1H3,(H,17,18)(H,19,20). The Morgan fingerprint density at radius 2 is 1.95 bits per heavy atom. The third-order valence-corrected chi connectivity index (χ3v) is 3.82. The number of nitrogens with one attached hydrogen (secondary N) is 1. The summed E-state index contributed by atoms with van der Waals surface area (Å²) in [5.74, 6) is -0.416. The molecule has 1 amide bonds. The van der Waals surface area contributed by atoms with E-state index in [1.807, 2.05) is 0 Å². The van der Waals surface area contributed by atoms with Crippen molar-refractivity contribution >= 4 is 11.9 Å². The fraction of sp³-hybridized carbons (Fsp3) is 0.500. The highest BCUT2D eigenvalue weighted by molar-refractivity contribution is 5.84. The van der Waals surface area contributed by atoms with Crippen molar-refractivity contribution in [2.45, 2.75) is 25.3 Å². The number of carboxylic acid groups (broad SMARTS) is 1. The lowest BCUT2D eigenvalue weighted by molar-refractivity contribution is -0.142. The van der Waals surface area contributed by atoms with Crippen LogP contribution in [0.15, 0.2) is 24.3 Å². The van der Waals surface area contributed by atoms with Gasteiger partial charge >= 0.3 is 5.97 Å². The molecule has 0 bridgehead atoms. The van der Waals surface area contributed by atoms with Crippen LogP contribution in [0.5, 0.6) is 5.75 Å². The van der Waals surface area contributed by atoms with Gasteiger partial charge in [0, 0.05) is 19.6 Å². The summed E-state index contributed by atoms with van der Waals surface area (Å²) in [6.45, 7) is 1.33. The van der Waals surface area contributed by atoms with Crippen molar-refractivity contribution in [1.82, 2.24) is 5.32 Å². The van der Waals surface area contributed by atoms with E-state index in [-0.39, 0.29) is 11.8 Å². The molecular weight excluding hydrogens is 286 g/mol. The van der Waals surface area contributed by atoms with Gasteiger partial charge in [-0.2, -0.15) is 0 Å². The number of methoxy groups -OCH3 is 1. The third-order valence-electron chi connectivity index (χ3n) is 3.82. The normalized spacial score (nSPS) is 16.8. The lowest BCUT2D eigenvalue weighted by Gasteiger charge is -2.22. The fourth-order valence-corrected chi connectivity index (χ4v) is 2.52. The van der Waals surface area contributed by atoms with Gasteiger partial charge in [-0.05, 0) is 36.5 Å². The molecule has 0 radical (unpaired) electrons. The van der Waals surface area contributed by atoms with Gasteiger partial charge in [0.25, 0.3) is 0 Å². The van der Waals surface area contributed by atoms with E-state index in [0.717, 1.165) is 12.8 Å². The Balaban J connectivity index is 1.98. The van der Waals surface area contributed by atoms with Crippen molar-refractivity contribution in [2.75, 3.05) is 20.3 Å². The lowest BCUT2D eigenvalue weighted by Crippen LogP contribution is -2.35. The van der Waals surface area contributed by atoms with Gasteiger partial charge < -0.3 is 19.9 Å². The molecule has 1 fully saturated rings. The van der Waals surface area contributed by atoms with Crippen LogP contribution < -0.4 is 10.1 Å². The smallest absolute Gasteiger partial charge is 0.330 e. The lowest BCUT2D eigenvalue weighted by atomic mass is 9.96. The zero-order valence-corrected chi connectivity index (χ0v) is 12.6. The van der Waals surface area contributed by atoms with Crippen molar-refractivity contribution in [3.63, 3.8) is 0 Å². The number of aliphatic carboxylic acids is 1. The van der Waals surface area contributed by atoms with E-state index in [1.165, 1.54) is 0 Å². The first-order chi connectivity index (χ1) is 10.6. The number of ether oxygens (including phenoxy) is 2. The monoisotopic (exact) mass is 307 g/mol. The fourth-order valence-electron chi connectivity index (χ4n) is 2.52. The maximum atomic E-state index is 12.1. The molecule has 1 aliphatic rings. The van der Waals surface area contributed by atoms with Gasteiger partial charge in [-0.15, -0.1) is 0 Å². The molecule has 22 heavy (non-hydrogen) atoms. The van der Waals surface area contributed by atoms with E-state index in [1.54, 1.807) is 31.4 Å². The Morgan fingerprint density at radius 3 is 2.50 bits per heavy atom. The summed E-state index contributed by atoms with van der Waals surface area (Å²) in [4.78, 5) is 23.5. The zero-order valence-electron chi connectivity index (χ0n) is 12.6. The van der Waals surface area contributed by atoms with Crippen LogP contribution in [-0.2, 0) is 14.3 Å². The average Bonchev–Trinajstić information content (AvgIpc) is 2.53. The zero-order chi connectivity index (χ0) is 15.9. The van der Waals surface area contributed by atoms with Gasteiger partial charge in [-0.3, -0.25) is 4.79 Å². The summed E-state index contributed by atoms with van der Waals surface area (Å²) < 4.78 is 10.3. The second-order valence-corrected chi connectivity index (χ2v) is 5.37. The number of carbonyl (C=O) groups is 2. The Kier molecular flexibility index (Phi) is 5.77. The minimum absolute atomic E-state index is 0.241. The second-order valence-electron chi connectivity index (χ2n) is 5.37. The highest BCUT2D eigenvalue weighted by atomic mass is 16.5. The predicted octanol–water partition coefficient (Wildman–Crippen LogP) is 1.75. The van der Waals surface area contributed by atoms with Crippen molar-refractivity contribution in [2.24, 2.45) is 5.92 Å². The van der Waals surface area contributed by atoms with E-state index < -0.39 is 12.0 Å². The quantitative estimate of drug-likeness (QED) is 0.836. The third kappa shape index (κ3) is 4.46. The van der Waals surface area contributed by atoms with E-state index in [4.69, 9.17) is 9.47 Å². The molecule has 2 N–H and O–H groups in total. The van der Waals surface area contributed by atoms with Crippen LogP contribution in [0.1, 0.15) is 30.9 Å². The topological polar surface area (TPSA) is 84.9 Å². The molecule has 6 nitrogen and oxygen atoms in total. The molecule has 1 atom stereocenters. The molecule has 0 aromatic heterocycles. The molecule has 1 aromatic rings. The van der Waals surface area contributed by atoms with Crippen LogP contribution in [-0.4, -0.2) is 37.3 Å². The Hall–Kier alpha value is -2.08. The molecular formula is C16H21NO5. The summed E-state index contributed by atoms with van der Waals surface area (Å²) in [7, 11) is 1.54. The van der Waals surface area contributed by atoms with Crippen LogP contribution in [0.3, 0.4) is 0 Å². The SMILES string of the molecule is COc1ccc(C(NC(=O)CC2CCOCC2)C(=O)O)cc1. The van der Waals surface area contributed by atoms with Gasteiger partial charge in [0.1, 0.15) is 5.75 Å². The first kappa shape index (κ1) is 16.3. The minimum Gasteiger partial charge on any atom is -0.497 e. The van der Waals surface area contributed by atoms with E-state index in [2.05, 4.69) is 5.32 Å². The van der Waals surface area contributed by atoms with Crippen LogP contribution in [0.2, 0.25) is 0 Å². The van der Waals surface area contributed by atoms with Gasteiger partial charge in [0.2, 0.25) is 5.91 Å². The number of rotatable bonds is 6. The van der Waals surface area contributed by atoms with Crippen LogP contribution in [0.4, 0.5) is 0 Å². The van der Waals surface area contributed by atoms with Gasteiger partial charge in [0.05, 0.1) is 7.11 Å². The van der Waals surface area contributed by atoms with Crippen LogP contribution >= 0.6 is 0 Å². The molecule has 2 rings (SSSR count). The number of hydrogen-bond acceptors (Lipinski definition) is 4. The number of benzene rings is 1. The molecule has 0 saturated carbocycles. The summed E-state index contributed by atoms with van der Waals surface area (Å²) in [6.07, 6.45) is 2.02. The van der Waals surface area contributed by atoms with E-state index in [0.29, 0.717) is 30.9 Å². The average molecular weight is 307 g/mol. The first-order valence-electron chi connectivity index (χ1n) is 7.34. The minimum atomic E-state index is -1.08. The molecule has 1 aromatic carbocycles. The number of hydrogen-bond donors (Lipinski definition) is 2. The van der Waals surface area contributed by atoms with E-state index in [9.17, 15) is 14.7 Å². The molecule has 1 heterocycles. The van der Waals surface area contributed by atoms with E-state index >= 15 is 0 Å². The van der Waals surface area contributed by atoms with Gasteiger partial charge in [0.15, 0.2) is 6.04 Å². The van der Waals surface area contributed by atoms with Crippen molar-refractivity contribution in [3.05, 3.63) is 29.8 Å². The van der Waals surface area contributed by atoms with Crippen molar-refractivity contribution in [1.29, 1.82) is 0 Å². The molecule has 0 spiro atoms. The number of carboxylic acids is 1. The molecule has 1 unspecified atom stereocenters. The van der Waals surface area contributed by atoms with Crippen molar-refractivity contribution in [3.8, 4) is 5.75 Å². The first-order valence-corrected chi connectivity index (χ1v) is 7.34. The second kappa shape index (κ2) is 7.79. The largest absolute Gasteiger partial charge is 0.497 e. The molecule has 6 heteroatoms. The van der Waals surface area contributed by atoms with Crippen molar-refractivity contribution < 1.29 is 24.2 Å². The van der Waals surface area contributed by atoms with Crippen LogP contribution in [0.25, 0.3) is 0 Å². The summed E-state index contributed by atoms with van der Waals surface area (Å²) >= 11 is 0. The predicted molar refractivity (Wildman–Crippen MR) is 79.7 cm³/mol. The molecule has 120 valence electrons. The number of amides is 1. The number of carbonyl (C=O) groups excluding carboxylic acids is 1. The summed E-state index contributed by atoms with van der Waals surface area (Å²) in [5, 5.41) is 11.9. The van der Waals surface area contributed by atoms with Gasteiger partial charge in [-0.25, -0.2) is 4.79 Å². The maximum Gasteiger partial charge on any atom is 0.330 e. The highest BCUT2D eigenvalue weighted by Crippen LogP contribution is 2.21. The molecule has 0 aliphatic carbocycles. The Bertz CT molecular complexity index is 508. The Labute approximate surface area is 129 Å². The van der Waals surface area contributed by atoms with Crippen LogP contribution in [0, 0.1) is 5.92 Å². The Morgan fingerprint density at radius 1 is 1.32 bits per heavy atom. The summed E-state index contributed by atoms with van der Waals surface area (Å²) in [5.41, 5.74) is 0.522. The molecule has 1 aliphatic heterocycles. The highest BCUT2D eigenvalue weighted by Gasteiger charge is 2.24. The molecule has 1 saturated heterocycles. The maximum absolute atomic E-state index is 12.1. The van der Waals surface area contributed by atoms with Gasteiger partial charge in [-0.1, -0.05) is 12.1 Å².